The molecule has 0 aliphatic rings. The number of aromatic nitrogens is 2. The van der Waals surface area contributed by atoms with E-state index in [0.29, 0.717) is 17.8 Å². The molecule has 2 N–H and O–H groups in total. The standard InChI is InChI=1S/C22H22N4O7/c1-4-10-33-22(30)14-11-16(19(27)17(12-14)26(31)32)20(28)23-18-13(2)24(3)25(21(18)29)15-8-6-5-7-9-15/h5-9,11-12,27H,4,10H2,1-3H3,(H,23,28). The molecular formula is C22H22N4O7. The van der Waals surface area contributed by atoms with Gasteiger partial charge in [-0.3, -0.25) is 24.4 Å². The van der Waals surface area contributed by atoms with Crippen molar-refractivity contribution >= 4 is 23.3 Å². The molecule has 1 aromatic heterocycles. The lowest BCUT2D eigenvalue weighted by Crippen LogP contribution is -2.23. The van der Waals surface area contributed by atoms with Crippen LogP contribution in [0.1, 0.15) is 39.8 Å². The largest absolute Gasteiger partial charge is 0.502 e. The van der Waals surface area contributed by atoms with Crippen LogP contribution in [0.25, 0.3) is 5.69 Å². The maximum Gasteiger partial charge on any atom is 0.338 e. The van der Waals surface area contributed by atoms with Crippen LogP contribution < -0.4 is 10.9 Å². The van der Waals surface area contributed by atoms with Gasteiger partial charge in [0.2, 0.25) is 5.75 Å². The van der Waals surface area contributed by atoms with Gasteiger partial charge >= 0.3 is 11.7 Å². The number of nitrogens with one attached hydrogen (secondary N) is 1. The third kappa shape index (κ3) is 4.47. The number of para-hydroxylation sites is 1. The lowest BCUT2D eigenvalue weighted by atomic mass is 10.1. The number of hydrogen-bond donors (Lipinski definition) is 2. The summed E-state index contributed by atoms with van der Waals surface area (Å²) in [6, 6.07) is 10.6. The molecule has 0 spiro atoms. The molecule has 11 heteroatoms. The van der Waals surface area contributed by atoms with Crippen LogP contribution in [0, 0.1) is 17.0 Å². The molecule has 0 unspecified atom stereocenters. The molecule has 0 fully saturated rings. The molecule has 33 heavy (non-hydrogen) atoms. The van der Waals surface area contributed by atoms with Crippen molar-refractivity contribution in [2.24, 2.45) is 7.05 Å². The van der Waals surface area contributed by atoms with Crippen molar-refractivity contribution in [2.45, 2.75) is 20.3 Å². The van der Waals surface area contributed by atoms with Crippen LogP contribution in [-0.2, 0) is 11.8 Å². The zero-order valence-electron chi connectivity index (χ0n) is 18.2. The summed E-state index contributed by atoms with van der Waals surface area (Å²) in [5, 5.41) is 24.1. The van der Waals surface area contributed by atoms with E-state index >= 15 is 0 Å². The average molecular weight is 454 g/mol. The van der Waals surface area contributed by atoms with Gasteiger partial charge in [0.1, 0.15) is 5.69 Å². The van der Waals surface area contributed by atoms with Crippen molar-refractivity contribution in [3.8, 4) is 11.4 Å². The first-order valence-electron chi connectivity index (χ1n) is 10.0. The monoisotopic (exact) mass is 454 g/mol. The van der Waals surface area contributed by atoms with Gasteiger partial charge in [0, 0.05) is 13.1 Å². The molecule has 1 amide bonds. The van der Waals surface area contributed by atoms with E-state index in [1.807, 2.05) is 0 Å². The summed E-state index contributed by atoms with van der Waals surface area (Å²) in [5.41, 5.74) is -1.30. The van der Waals surface area contributed by atoms with Crippen molar-refractivity contribution < 1.29 is 24.4 Å². The number of carbonyl (C=O) groups is 2. The molecule has 0 aliphatic heterocycles. The van der Waals surface area contributed by atoms with E-state index in [-0.39, 0.29) is 17.9 Å². The van der Waals surface area contributed by atoms with Crippen LogP contribution in [0.5, 0.6) is 5.75 Å². The van der Waals surface area contributed by atoms with Gasteiger partial charge in [-0.2, -0.15) is 0 Å². The van der Waals surface area contributed by atoms with E-state index in [9.17, 15) is 29.6 Å². The maximum absolute atomic E-state index is 13.0. The van der Waals surface area contributed by atoms with Crippen LogP contribution in [-0.4, -0.2) is 37.9 Å². The Kier molecular flexibility index (Phi) is 6.61. The fourth-order valence-corrected chi connectivity index (χ4v) is 3.22. The Morgan fingerprint density at radius 2 is 1.88 bits per heavy atom. The Morgan fingerprint density at radius 1 is 1.21 bits per heavy atom. The van der Waals surface area contributed by atoms with Crippen molar-refractivity contribution in [3.05, 3.63) is 79.8 Å². The zero-order chi connectivity index (χ0) is 24.3. The first kappa shape index (κ1) is 23.3. The van der Waals surface area contributed by atoms with Gasteiger partial charge in [0.25, 0.3) is 11.5 Å². The summed E-state index contributed by atoms with van der Waals surface area (Å²) in [4.78, 5) is 48.6. The number of phenolic OH excluding ortho intramolecular Hbond substituents is 1. The Labute approximate surface area is 188 Å². The van der Waals surface area contributed by atoms with Gasteiger partial charge in [-0.1, -0.05) is 25.1 Å². The van der Waals surface area contributed by atoms with Gasteiger partial charge in [0.05, 0.1) is 34.0 Å². The highest BCUT2D eigenvalue weighted by molar-refractivity contribution is 6.08. The quantitative estimate of drug-likeness (QED) is 0.317. The minimum absolute atomic E-state index is 0.0765. The second-order valence-electron chi connectivity index (χ2n) is 7.18. The summed E-state index contributed by atoms with van der Waals surface area (Å²) in [6.07, 6.45) is 0.528. The van der Waals surface area contributed by atoms with E-state index < -0.39 is 39.4 Å². The second kappa shape index (κ2) is 9.39. The predicted octanol–water partition coefficient (Wildman–Crippen LogP) is 2.92. The molecular weight excluding hydrogens is 432 g/mol. The summed E-state index contributed by atoms with van der Waals surface area (Å²) < 4.78 is 7.85. The molecule has 0 radical (unpaired) electrons. The number of carbonyl (C=O) groups excluding carboxylic acids is 2. The number of benzene rings is 2. The van der Waals surface area contributed by atoms with Crippen molar-refractivity contribution in [2.75, 3.05) is 11.9 Å². The number of hydrogen-bond acceptors (Lipinski definition) is 7. The van der Waals surface area contributed by atoms with Gasteiger partial charge < -0.3 is 15.2 Å². The smallest absolute Gasteiger partial charge is 0.338 e. The third-order valence-electron chi connectivity index (χ3n) is 5.00. The summed E-state index contributed by atoms with van der Waals surface area (Å²) in [7, 11) is 1.63. The lowest BCUT2D eigenvalue weighted by molar-refractivity contribution is -0.385. The van der Waals surface area contributed by atoms with Crippen LogP contribution >= 0.6 is 0 Å². The number of phenols is 1. The molecule has 0 saturated heterocycles. The molecule has 3 rings (SSSR count). The maximum atomic E-state index is 13.0. The summed E-state index contributed by atoms with van der Waals surface area (Å²) >= 11 is 0. The molecule has 0 bridgehead atoms. The Hall–Kier alpha value is -4.41. The normalized spacial score (nSPS) is 10.6. The number of aromatic hydroxyl groups is 1. The number of nitro benzene ring substituents is 1. The summed E-state index contributed by atoms with van der Waals surface area (Å²) in [6.45, 7) is 3.46. The lowest BCUT2D eigenvalue weighted by Gasteiger charge is -2.09. The Bertz CT molecular complexity index is 1290. The number of ether oxygens (including phenoxy) is 1. The number of esters is 1. The molecule has 1 heterocycles. The number of rotatable bonds is 7. The molecule has 2 aromatic carbocycles. The number of anilines is 1. The molecule has 0 atom stereocenters. The molecule has 172 valence electrons. The number of nitro groups is 1. The van der Waals surface area contributed by atoms with E-state index in [1.54, 1.807) is 51.2 Å². The van der Waals surface area contributed by atoms with Crippen LogP contribution in [0.15, 0.2) is 47.3 Å². The average Bonchev–Trinajstić information content (AvgIpc) is 3.00. The van der Waals surface area contributed by atoms with Crippen molar-refractivity contribution in [3.63, 3.8) is 0 Å². The van der Waals surface area contributed by atoms with Crippen molar-refractivity contribution in [1.29, 1.82) is 0 Å². The topological polar surface area (TPSA) is 146 Å². The van der Waals surface area contributed by atoms with E-state index in [0.717, 1.165) is 12.1 Å². The number of amides is 1. The van der Waals surface area contributed by atoms with Crippen molar-refractivity contribution in [1.82, 2.24) is 9.36 Å². The zero-order valence-corrected chi connectivity index (χ0v) is 18.2. The molecule has 0 saturated carbocycles. The number of nitrogens with zero attached hydrogens (tertiary/aromatic N) is 3. The van der Waals surface area contributed by atoms with E-state index in [1.165, 1.54) is 9.36 Å². The van der Waals surface area contributed by atoms with Gasteiger partial charge in [0.15, 0.2) is 0 Å². The fraction of sp³-hybridized carbons (Fsp3) is 0.227. The first-order valence-corrected chi connectivity index (χ1v) is 10.0. The molecule has 11 nitrogen and oxygen atoms in total. The SMILES string of the molecule is CCCOC(=O)c1cc(C(=O)Nc2c(C)n(C)n(-c3ccccc3)c2=O)c(O)c([N+](=O)[O-])c1. The highest BCUT2D eigenvalue weighted by atomic mass is 16.6. The Balaban J connectivity index is 2.05. The Morgan fingerprint density at radius 3 is 2.48 bits per heavy atom. The van der Waals surface area contributed by atoms with Crippen LogP contribution in [0.2, 0.25) is 0 Å². The highest BCUT2D eigenvalue weighted by Crippen LogP contribution is 2.32. The first-order chi connectivity index (χ1) is 15.7. The summed E-state index contributed by atoms with van der Waals surface area (Å²) in [5.74, 6) is -2.80. The van der Waals surface area contributed by atoms with Crippen LogP contribution in [0.3, 0.4) is 0 Å². The fourth-order valence-electron chi connectivity index (χ4n) is 3.22. The third-order valence-corrected chi connectivity index (χ3v) is 5.00. The van der Waals surface area contributed by atoms with E-state index in [4.69, 9.17) is 4.74 Å². The minimum Gasteiger partial charge on any atom is -0.502 e. The van der Waals surface area contributed by atoms with Gasteiger partial charge in [-0.25, -0.2) is 9.48 Å². The second-order valence-corrected chi connectivity index (χ2v) is 7.18. The molecule has 0 aliphatic carbocycles. The highest BCUT2D eigenvalue weighted by Gasteiger charge is 2.27. The van der Waals surface area contributed by atoms with Gasteiger partial charge in [-0.05, 0) is 31.5 Å². The van der Waals surface area contributed by atoms with Gasteiger partial charge in [-0.15, -0.1) is 0 Å². The van der Waals surface area contributed by atoms with Crippen LogP contribution in [0.4, 0.5) is 11.4 Å². The minimum atomic E-state index is -0.994. The predicted molar refractivity (Wildman–Crippen MR) is 119 cm³/mol. The molecule has 3 aromatic rings. The van der Waals surface area contributed by atoms with E-state index in [2.05, 4.69) is 5.32 Å².